The molecule has 1 heterocycles. The van der Waals surface area contributed by atoms with Crippen LogP contribution in [0.2, 0.25) is 0 Å². The molecule has 1 aromatic carbocycles. The van der Waals surface area contributed by atoms with Crippen LogP contribution in [0.4, 0.5) is 0 Å². The van der Waals surface area contributed by atoms with Crippen molar-refractivity contribution in [3.63, 3.8) is 0 Å². The third-order valence-electron chi connectivity index (χ3n) is 3.53. The van der Waals surface area contributed by atoms with Gasteiger partial charge in [0.1, 0.15) is 5.75 Å². The molecular weight excluding hydrogens is 300 g/mol. The number of hydrogen-bond donors (Lipinski definition) is 0. The van der Waals surface area contributed by atoms with Gasteiger partial charge < -0.3 is 4.52 Å². The summed E-state index contributed by atoms with van der Waals surface area (Å²) in [5, 5.41) is 3.74. The minimum absolute atomic E-state index is 0.113. The van der Waals surface area contributed by atoms with E-state index in [-0.39, 0.29) is 17.1 Å². The van der Waals surface area contributed by atoms with Crippen molar-refractivity contribution in [2.75, 3.05) is 0 Å². The number of aryl methyl sites for hydroxylation is 2. The Morgan fingerprint density at radius 3 is 2.45 bits per heavy atom. The molecule has 0 bridgehead atoms. The quantitative estimate of drug-likeness (QED) is 0.864. The second-order valence-corrected chi connectivity index (χ2v) is 8.41. The molecule has 0 unspecified atom stereocenters. The second kappa shape index (κ2) is 5.83. The predicted molar refractivity (Wildman–Crippen MR) is 84.4 cm³/mol. The van der Waals surface area contributed by atoms with E-state index in [1.165, 1.54) is 0 Å². The molecule has 0 spiro atoms. The summed E-state index contributed by atoms with van der Waals surface area (Å²) in [4.78, 5) is 4.41. The Morgan fingerprint density at radius 2 is 1.91 bits per heavy atom. The molecule has 120 valence electrons. The highest BCUT2D eigenvalue weighted by Gasteiger charge is 2.24. The van der Waals surface area contributed by atoms with E-state index in [0.29, 0.717) is 17.1 Å². The lowest BCUT2D eigenvalue weighted by Gasteiger charge is -2.20. The maximum atomic E-state index is 12.7. The summed E-state index contributed by atoms with van der Waals surface area (Å²) in [7, 11) is -3.52. The predicted octanol–water partition coefficient (Wildman–Crippen LogP) is 3.21. The third kappa shape index (κ3) is 3.55. The van der Waals surface area contributed by atoms with E-state index in [1.807, 2.05) is 19.1 Å². The van der Waals surface area contributed by atoms with Gasteiger partial charge in [-0.3, -0.25) is 0 Å². The maximum Gasteiger partial charge on any atom is 0.242 e. The molecule has 0 saturated heterocycles. The SMILES string of the molecule is CCc1noc(CS(=O)(=O)c2cc(C(C)(C)C)ccc2C)n1. The summed E-state index contributed by atoms with van der Waals surface area (Å²) >= 11 is 0. The number of benzene rings is 1. The van der Waals surface area contributed by atoms with Gasteiger partial charge in [0.2, 0.25) is 5.89 Å². The standard InChI is InChI=1S/C16H22N2O3S/c1-6-14-17-15(21-18-14)10-22(19,20)13-9-12(16(3,4)5)8-7-11(13)2/h7-9H,6,10H2,1-5H3. The number of aromatic nitrogens is 2. The highest BCUT2D eigenvalue weighted by molar-refractivity contribution is 7.90. The zero-order valence-corrected chi connectivity index (χ0v) is 14.5. The van der Waals surface area contributed by atoms with Crippen LogP contribution in [0.25, 0.3) is 0 Å². The van der Waals surface area contributed by atoms with E-state index in [9.17, 15) is 8.42 Å². The summed E-state index contributed by atoms with van der Waals surface area (Å²) in [6, 6.07) is 5.57. The lowest BCUT2D eigenvalue weighted by atomic mass is 9.87. The zero-order valence-electron chi connectivity index (χ0n) is 13.7. The number of rotatable bonds is 4. The average Bonchev–Trinajstić information content (AvgIpc) is 2.84. The van der Waals surface area contributed by atoms with Crippen molar-refractivity contribution in [3.8, 4) is 0 Å². The van der Waals surface area contributed by atoms with E-state index in [2.05, 4.69) is 30.9 Å². The fraction of sp³-hybridized carbons (Fsp3) is 0.500. The van der Waals surface area contributed by atoms with Gasteiger partial charge in [-0.2, -0.15) is 4.98 Å². The number of nitrogens with zero attached hydrogens (tertiary/aromatic N) is 2. The Bertz CT molecular complexity index is 771. The van der Waals surface area contributed by atoms with Gasteiger partial charge in [0.15, 0.2) is 15.7 Å². The van der Waals surface area contributed by atoms with Gasteiger partial charge in [0.05, 0.1) is 4.90 Å². The van der Waals surface area contributed by atoms with Gasteiger partial charge in [0.25, 0.3) is 0 Å². The maximum absolute atomic E-state index is 12.7. The molecular formula is C16H22N2O3S. The molecule has 1 aromatic heterocycles. The van der Waals surface area contributed by atoms with Gasteiger partial charge in [-0.05, 0) is 29.5 Å². The van der Waals surface area contributed by atoms with Crippen LogP contribution in [0.3, 0.4) is 0 Å². The molecule has 5 nitrogen and oxygen atoms in total. The van der Waals surface area contributed by atoms with Crippen LogP contribution in [0.1, 0.15) is 50.5 Å². The summed E-state index contributed by atoms with van der Waals surface area (Å²) in [5.74, 6) is 0.386. The third-order valence-corrected chi connectivity index (χ3v) is 5.27. The van der Waals surface area contributed by atoms with Crippen LogP contribution in [0, 0.1) is 6.92 Å². The van der Waals surface area contributed by atoms with E-state index >= 15 is 0 Å². The number of sulfone groups is 1. The molecule has 6 heteroatoms. The van der Waals surface area contributed by atoms with Gasteiger partial charge in [-0.1, -0.05) is 45.0 Å². The lowest BCUT2D eigenvalue weighted by molar-refractivity contribution is 0.383. The molecule has 0 aliphatic heterocycles. The topological polar surface area (TPSA) is 73.1 Å². The van der Waals surface area contributed by atoms with Gasteiger partial charge >= 0.3 is 0 Å². The molecule has 2 rings (SSSR count). The first-order valence-electron chi connectivity index (χ1n) is 7.29. The number of hydrogen-bond acceptors (Lipinski definition) is 5. The molecule has 0 amide bonds. The van der Waals surface area contributed by atoms with E-state index in [4.69, 9.17) is 4.52 Å². The van der Waals surface area contributed by atoms with Crippen molar-refractivity contribution in [1.29, 1.82) is 0 Å². The van der Waals surface area contributed by atoms with Crippen LogP contribution in [0.15, 0.2) is 27.6 Å². The summed E-state index contributed by atoms with van der Waals surface area (Å²) in [6.45, 7) is 9.85. The minimum Gasteiger partial charge on any atom is -0.338 e. The Morgan fingerprint density at radius 1 is 1.23 bits per heavy atom. The van der Waals surface area contributed by atoms with Gasteiger partial charge in [-0.15, -0.1) is 0 Å². The Balaban J connectivity index is 2.40. The van der Waals surface area contributed by atoms with Crippen LogP contribution in [-0.4, -0.2) is 18.6 Å². The van der Waals surface area contributed by atoms with Crippen molar-refractivity contribution in [1.82, 2.24) is 10.1 Å². The molecule has 0 saturated carbocycles. The molecule has 0 atom stereocenters. The molecule has 0 N–H and O–H groups in total. The molecule has 0 radical (unpaired) electrons. The van der Waals surface area contributed by atoms with Gasteiger partial charge in [0, 0.05) is 6.42 Å². The van der Waals surface area contributed by atoms with E-state index in [1.54, 1.807) is 13.0 Å². The van der Waals surface area contributed by atoms with Crippen LogP contribution >= 0.6 is 0 Å². The normalized spacial score (nSPS) is 12.6. The summed E-state index contributed by atoms with van der Waals surface area (Å²) in [5.41, 5.74) is 1.59. The molecule has 2 aromatic rings. The largest absolute Gasteiger partial charge is 0.338 e. The molecule has 0 fully saturated rings. The Labute approximate surface area is 131 Å². The molecule has 0 aliphatic rings. The second-order valence-electron chi connectivity index (χ2n) is 6.45. The van der Waals surface area contributed by atoms with Gasteiger partial charge in [-0.25, -0.2) is 8.42 Å². The smallest absolute Gasteiger partial charge is 0.242 e. The highest BCUT2D eigenvalue weighted by Crippen LogP contribution is 2.28. The van der Waals surface area contributed by atoms with Crippen LogP contribution in [-0.2, 0) is 27.4 Å². The van der Waals surface area contributed by atoms with E-state index in [0.717, 1.165) is 11.1 Å². The van der Waals surface area contributed by atoms with Crippen molar-refractivity contribution in [3.05, 3.63) is 41.0 Å². The summed E-state index contributed by atoms with van der Waals surface area (Å²) in [6.07, 6.45) is 0.613. The first kappa shape index (κ1) is 16.7. The molecule has 0 aliphatic carbocycles. The highest BCUT2D eigenvalue weighted by atomic mass is 32.2. The zero-order chi connectivity index (χ0) is 16.5. The average molecular weight is 322 g/mol. The first-order chi connectivity index (χ1) is 10.1. The first-order valence-corrected chi connectivity index (χ1v) is 8.94. The Hall–Kier alpha value is -1.69. The van der Waals surface area contributed by atoms with E-state index < -0.39 is 9.84 Å². The van der Waals surface area contributed by atoms with Crippen molar-refractivity contribution in [2.45, 2.75) is 57.1 Å². The lowest BCUT2D eigenvalue weighted by Crippen LogP contribution is -2.14. The monoisotopic (exact) mass is 322 g/mol. The van der Waals surface area contributed by atoms with Crippen LogP contribution < -0.4 is 0 Å². The fourth-order valence-corrected chi connectivity index (χ4v) is 3.60. The molecule has 22 heavy (non-hydrogen) atoms. The Kier molecular flexibility index (Phi) is 4.42. The van der Waals surface area contributed by atoms with Crippen molar-refractivity contribution >= 4 is 9.84 Å². The van der Waals surface area contributed by atoms with Crippen LogP contribution in [0.5, 0.6) is 0 Å². The fourth-order valence-electron chi connectivity index (χ4n) is 2.13. The van der Waals surface area contributed by atoms with Crippen molar-refractivity contribution in [2.24, 2.45) is 0 Å². The minimum atomic E-state index is -3.52. The summed E-state index contributed by atoms with van der Waals surface area (Å²) < 4.78 is 30.4. The van der Waals surface area contributed by atoms with Crippen molar-refractivity contribution < 1.29 is 12.9 Å².